The van der Waals surface area contributed by atoms with E-state index in [1.165, 1.54) is 5.56 Å². The predicted molar refractivity (Wildman–Crippen MR) is 123 cm³/mol. The van der Waals surface area contributed by atoms with Gasteiger partial charge in [0.1, 0.15) is 5.44 Å². The number of aromatic nitrogens is 1. The Bertz CT molecular complexity index is 1330. The second kappa shape index (κ2) is 6.99. The largest absolute Gasteiger partial charge is 0.307 e. The summed E-state index contributed by atoms with van der Waals surface area (Å²) in [5.41, 5.74) is 2.71. The SMILES string of the molecule is Cc1ccc2nc(P(=O)(c3ccccc3)c3ccccc3)c3ccccc3c2c1. The summed E-state index contributed by atoms with van der Waals surface area (Å²) in [6, 6.07) is 33.9. The predicted octanol–water partition coefficient (Wildman–Crippen LogP) is 5.34. The second-order valence-electron chi connectivity index (χ2n) is 7.28. The van der Waals surface area contributed by atoms with Gasteiger partial charge in [-0.2, -0.15) is 0 Å². The van der Waals surface area contributed by atoms with E-state index in [-0.39, 0.29) is 0 Å². The summed E-state index contributed by atoms with van der Waals surface area (Å²) in [6.45, 7) is 2.08. The smallest absolute Gasteiger partial charge is 0.189 e. The Morgan fingerprint density at radius 2 is 1.17 bits per heavy atom. The highest BCUT2D eigenvalue weighted by Gasteiger charge is 2.33. The zero-order chi connectivity index (χ0) is 19.8. The van der Waals surface area contributed by atoms with E-state index in [1.807, 2.05) is 84.9 Å². The minimum Gasteiger partial charge on any atom is -0.307 e. The number of hydrogen-bond acceptors (Lipinski definition) is 2. The standard InChI is InChI=1S/C26H20NOP/c1-19-16-17-25-24(18-19)22-14-8-9-15-23(22)26(27-25)29(28,20-10-4-2-5-11-20)21-12-6-3-7-13-21/h2-18H,1H3. The summed E-state index contributed by atoms with van der Waals surface area (Å²) < 4.78 is 14.9. The van der Waals surface area contributed by atoms with Crippen LogP contribution in [0.3, 0.4) is 0 Å². The van der Waals surface area contributed by atoms with E-state index in [4.69, 9.17) is 4.98 Å². The summed E-state index contributed by atoms with van der Waals surface area (Å²) in [6.07, 6.45) is 0. The van der Waals surface area contributed by atoms with E-state index < -0.39 is 7.14 Å². The number of benzene rings is 4. The van der Waals surface area contributed by atoms with Crippen molar-refractivity contribution in [1.29, 1.82) is 0 Å². The van der Waals surface area contributed by atoms with Crippen LogP contribution in [-0.4, -0.2) is 4.98 Å². The molecule has 1 aromatic heterocycles. The number of rotatable bonds is 3. The molecular weight excluding hydrogens is 373 g/mol. The van der Waals surface area contributed by atoms with Gasteiger partial charge in [0.05, 0.1) is 5.52 Å². The molecule has 0 saturated carbocycles. The fourth-order valence-corrected chi connectivity index (χ4v) is 6.71. The van der Waals surface area contributed by atoms with Gasteiger partial charge in [0.15, 0.2) is 7.14 Å². The van der Waals surface area contributed by atoms with Gasteiger partial charge in [-0.3, -0.25) is 0 Å². The van der Waals surface area contributed by atoms with Crippen molar-refractivity contribution in [2.75, 3.05) is 0 Å². The van der Waals surface area contributed by atoms with Crippen LogP contribution >= 0.6 is 7.14 Å². The van der Waals surface area contributed by atoms with E-state index in [1.54, 1.807) is 0 Å². The van der Waals surface area contributed by atoms with Crippen LogP contribution in [0.1, 0.15) is 5.56 Å². The molecule has 140 valence electrons. The Morgan fingerprint density at radius 3 is 1.79 bits per heavy atom. The maximum atomic E-state index is 14.9. The zero-order valence-corrected chi connectivity index (χ0v) is 17.0. The minimum atomic E-state index is -3.15. The first-order chi connectivity index (χ1) is 14.2. The third-order valence-electron chi connectivity index (χ3n) is 5.37. The first kappa shape index (κ1) is 17.8. The van der Waals surface area contributed by atoms with Crippen LogP contribution in [0.4, 0.5) is 0 Å². The number of hydrogen-bond donors (Lipinski definition) is 0. The minimum absolute atomic E-state index is 0.654. The van der Waals surface area contributed by atoms with Gasteiger partial charge in [-0.25, -0.2) is 4.98 Å². The number of nitrogens with zero attached hydrogens (tertiary/aromatic N) is 1. The molecule has 0 spiro atoms. The molecule has 0 aliphatic heterocycles. The maximum absolute atomic E-state index is 14.9. The highest BCUT2D eigenvalue weighted by molar-refractivity contribution is 7.85. The molecule has 5 rings (SSSR count). The van der Waals surface area contributed by atoms with Crippen LogP contribution < -0.4 is 16.0 Å². The first-order valence-electron chi connectivity index (χ1n) is 9.69. The molecule has 0 bridgehead atoms. The molecule has 0 amide bonds. The molecular formula is C26H20NOP. The Hall–Kier alpha value is -3.22. The topological polar surface area (TPSA) is 30.0 Å². The van der Waals surface area contributed by atoms with Crippen LogP contribution in [0.25, 0.3) is 21.7 Å². The van der Waals surface area contributed by atoms with E-state index in [9.17, 15) is 4.57 Å². The Morgan fingerprint density at radius 1 is 0.621 bits per heavy atom. The molecule has 0 radical (unpaired) electrons. The molecule has 5 aromatic rings. The van der Waals surface area contributed by atoms with Crippen molar-refractivity contribution in [3.05, 3.63) is 109 Å². The van der Waals surface area contributed by atoms with Crippen molar-refractivity contribution in [3.8, 4) is 0 Å². The van der Waals surface area contributed by atoms with E-state index >= 15 is 0 Å². The van der Waals surface area contributed by atoms with Gasteiger partial charge in [-0.05, 0) is 24.4 Å². The maximum Gasteiger partial charge on any atom is 0.189 e. The van der Waals surface area contributed by atoms with Gasteiger partial charge in [-0.15, -0.1) is 0 Å². The summed E-state index contributed by atoms with van der Waals surface area (Å²) in [7, 11) is -3.15. The van der Waals surface area contributed by atoms with Gasteiger partial charge < -0.3 is 4.57 Å². The summed E-state index contributed by atoms with van der Waals surface area (Å²) in [4.78, 5) is 5.01. The second-order valence-corrected chi connectivity index (χ2v) is 9.96. The summed E-state index contributed by atoms with van der Waals surface area (Å²) in [5.74, 6) is 0. The zero-order valence-electron chi connectivity index (χ0n) is 16.1. The molecule has 1 heterocycles. The van der Waals surface area contributed by atoms with Crippen molar-refractivity contribution >= 4 is 44.9 Å². The molecule has 0 aliphatic rings. The van der Waals surface area contributed by atoms with Gasteiger partial charge in [0, 0.05) is 21.4 Å². The average Bonchev–Trinajstić information content (AvgIpc) is 2.79. The van der Waals surface area contributed by atoms with Crippen LogP contribution in [0.5, 0.6) is 0 Å². The molecule has 29 heavy (non-hydrogen) atoms. The number of pyridine rings is 1. The van der Waals surface area contributed by atoms with Crippen LogP contribution in [-0.2, 0) is 4.57 Å². The fourth-order valence-electron chi connectivity index (χ4n) is 3.96. The molecule has 0 fully saturated rings. The fraction of sp³-hybridized carbons (Fsp3) is 0.0385. The third-order valence-corrected chi connectivity index (χ3v) is 8.36. The Kier molecular flexibility index (Phi) is 4.30. The molecule has 0 atom stereocenters. The van der Waals surface area contributed by atoms with Crippen molar-refractivity contribution in [3.63, 3.8) is 0 Å². The normalized spacial score (nSPS) is 11.8. The monoisotopic (exact) mass is 393 g/mol. The lowest BCUT2D eigenvalue weighted by Crippen LogP contribution is -2.27. The van der Waals surface area contributed by atoms with Gasteiger partial charge in [0.2, 0.25) is 0 Å². The third kappa shape index (κ3) is 2.88. The van der Waals surface area contributed by atoms with Crippen LogP contribution in [0.2, 0.25) is 0 Å². The molecule has 0 N–H and O–H groups in total. The van der Waals surface area contributed by atoms with Crippen LogP contribution in [0, 0.1) is 6.92 Å². The van der Waals surface area contributed by atoms with E-state index in [2.05, 4.69) is 25.1 Å². The quantitative estimate of drug-likeness (QED) is 0.306. The van der Waals surface area contributed by atoms with Crippen molar-refractivity contribution in [2.24, 2.45) is 0 Å². The van der Waals surface area contributed by atoms with Crippen molar-refractivity contribution in [2.45, 2.75) is 6.92 Å². The molecule has 4 aromatic carbocycles. The van der Waals surface area contributed by atoms with Crippen molar-refractivity contribution in [1.82, 2.24) is 4.98 Å². The number of aryl methyl sites for hydroxylation is 1. The van der Waals surface area contributed by atoms with Gasteiger partial charge >= 0.3 is 0 Å². The van der Waals surface area contributed by atoms with Gasteiger partial charge in [-0.1, -0.05) is 96.6 Å². The lowest BCUT2D eigenvalue weighted by Gasteiger charge is -2.21. The summed E-state index contributed by atoms with van der Waals surface area (Å²) in [5, 5.41) is 4.73. The Labute approximate surface area is 170 Å². The average molecular weight is 393 g/mol. The molecule has 3 heteroatoms. The highest BCUT2D eigenvalue weighted by Crippen LogP contribution is 2.44. The molecule has 2 nitrogen and oxygen atoms in total. The number of fused-ring (bicyclic) bond motifs is 3. The first-order valence-corrected chi connectivity index (χ1v) is 11.4. The molecule has 0 aliphatic carbocycles. The highest BCUT2D eigenvalue weighted by atomic mass is 31.2. The van der Waals surface area contributed by atoms with Crippen LogP contribution in [0.15, 0.2) is 103 Å². The lowest BCUT2D eigenvalue weighted by atomic mass is 10.1. The van der Waals surface area contributed by atoms with Crippen molar-refractivity contribution < 1.29 is 4.57 Å². The van der Waals surface area contributed by atoms with E-state index in [0.717, 1.165) is 32.3 Å². The molecule has 0 saturated heterocycles. The molecule has 0 unspecified atom stereocenters. The van der Waals surface area contributed by atoms with Gasteiger partial charge in [0.25, 0.3) is 0 Å². The summed E-state index contributed by atoms with van der Waals surface area (Å²) >= 11 is 0. The Balaban J connectivity index is 1.95. The lowest BCUT2D eigenvalue weighted by molar-refractivity contribution is 0.592. The van der Waals surface area contributed by atoms with E-state index in [0.29, 0.717) is 5.44 Å².